The van der Waals surface area contributed by atoms with Crippen molar-refractivity contribution < 1.29 is 4.42 Å². The van der Waals surface area contributed by atoms with Crippen LogP contribution >= 0.6 is 0 Å². The highest BCUT2D eigenvalue weighted by atomic mass is 16.3. The van der Waals surface area contributed by atoms with Gasteiger partial charge in [0.25, 0.3) is 0 Å². The highest BCUT2D eigenvalue weighted by molar-refractivity contribution is 6.11. The fraction of sp³-hybridized carbons (Fsp3) is 0. The summed E-state index contributed by atoms with van der Waals surface area (Å²) >= 11 is 0. The van der Waals surface area contributed by atoms with E-state index in [9.17, 15) is 0 Å². The van der Waals surface area contributed by atoms with Gasteiger partial charge in [-0.3, -0.25) is 4.98 Å². The Kier molecular flexibility index (Phi) is 6.39. The van der Waals surface area contributed by atoms with Gasteiger partial charge in [-0.2, -0.15) is 0 Å². The van der Waals surface area contributed by atoms with Gasteiger partial charge in [-0.15, -0.1) is 0 Å². The van der Waals surface area contributed by atoms with Crippen LogP contribution < -0.4 is 0 Å². The smallest absolute Gasteiger partial charge is 0.167 e. The van der Waals surface area contributed by atoms with Crippen molar-refractivity contribution >= 4 is 32.8 Å². The fourth-order valence-corrected chi connectivity index (χ4v) is 6.30. The van der Waals surface area contributed by atoms with Crippen LogP contribution in [0.2, 0.25) is 0 Å². The Morgan fingerprint density at radius 3 is 1.77 bits per heavy atom. The summed E-state index contributed by atoms with van der Waals surface area (Å²) in [5.74, 6) is 1.77. The van der Waals surface area contributed by atoms with E-state index in [2.05, 4.69) is 71.7 Å². The summed E-state index contributed by atoms with van der Waals surface area (Å²) in [4.78, 5) is 19.6. The monoisotopic (exact) mass is 602 g/mol. The van der Waals surface area contributed by atoms with Crippen molar-refractivity contribution in [3.8, 4) is 56.4 Å². The average molecular weight is 603 g/mol. The van der Waals surface area contributed by atoms with Gasteiger partial charge >= 0.3 is 0 Å². The molecule has 0 saturated heterocycles. The van der Waals surface area contributed by atoms with Gasteiger partial charge in [-0.25, -0.2) is 15.0 Å². The predicted molar refractivity (Wildman–Crippen MR) is 190 cm³/mol. The van der Waals surface area contributed by atoms with Gasteiger partial charge in [-0.05, 0) is 58.7 Å². The Bertz CT molecular complexity index is 2510. The van der Waals surface area contributed by atoms with Gasteiger partial charge in [0.05, 0.1) is 11.1 Å². The van der Waals surface area contributed by atoms with Gasteiger partial charge in [0.1, 0.15) is 11.2 Å². The maximum Gasteiger partial charge on any atom is 0.167 e. The molecule has 5 heteroatoms. The van der Waals surface area contributed by atoms with Gasteiger partial charge < -0.3 is 4.42 Å². The molecule has 47 heavy (non-hydrogen) atoms. The van der Waals surface area contributed by atoms with E-state index in [1.54, 1.807) is 0 Å². The molecule has 0 saturated carbocycles. The molecule has 0 aliphatic carbocycles. The summed E-state index contributed by atoms with van der Waals surface area (Å²) in [6, 6.07) is 51.6. The standard InChI is InChI=1S/C42H26N4O/c1-3-12-27(13-4-1)40-44-41(28-14-5-2-6-15-28)46-42(45-40)36-26-31(25-35-34-19-8-10-21-38(34)47-39(35)36)29-16-11-17-30(24-29)32-22-23-43-37-20-9-7-18-33(32)37/h1-26H. The Hall–Kier alpha value is -6.46. The number of benzene rings is 6. The van der Waals surface area contributed by atoms with Crippen LogP contribution in [0.3, 0.4) is 0 Å². The average Bonchev–Trinajstić information content (AvgIpc) is 3.53. The molecule has 0 N–H and O–H groups in total. The lowest BCUT2D eigenvalue weighted by molar-refractivity contribution is 0.669. The SMILES string of the molecule is c1ccc(-c2nc(-c3ccccc3)nc(-c3cc(-c4cccc(-c5ccnc6ccccc56)c4)cc4c3oc3ccccc34)n2)cc1. The fourth-order valence-electron chi connectivity index (χ4n) is 6.30. The van der Waals surface area contributed by atoms with Gasteiger partial charge in [0.2, 0.25) is 0 Å². The summed E-state index contributed by atoms with van der Waals surface area (Å²) in [6.07, 6.45) is 1.88. The second-order valence-corrected chi connectivity index (χ2v) is 11.5. The maximum absolute atomic E-state index is 6.55. The van der Waals surface area contributed by atoms with Gasteiger partial charge in [0.15, 0.2) is 17.5 Å². The van der Waals surface area contributed by atoms with E-state index in [1.165, 1.54) is 0 Å². The van der Waals surface area contributed by atoms with E-state index < -0.39 is 0 Å². The normalized spacial score (nSPS) is 11.4. The topological polar surface area (TPSA) is 64.7 Å². The van der Waals surface area contributed by atoms with Crippen LogP contribution in [0.1, 0.15) is 0 Å². The molecule has 0 spiro atoms. The molecule has 3 heterocycles. The zero-order valence-electron chi connectivity index (χ0n) is 25.2. The van der Waals surface area contributed by atoms with E-state index in [-0.39, 0.29) is 0 Å². The number of pyridine rings is 1. The second kappa shape index (κ2) is 11.2. The maximum atomic E-state index is 6.55. The van der Waals surface area contributed by atoms with Crippen LogP contribution in [-0.4, -0.2) is 19.9 Å². The van der Waals surface area contributed by atoms with Crippen molar-refractivity contribution in [2.24, 2.45) is 0 Å². The minimum atomic E-state index is 0.555. The van der Waals surface area contributed by atoms with Crippen molar-refractivity contribution in [2.45, 2.75) is 0 Å². The quantitative estimate of drug-likeness (QED) is 0.196. The highest BCUT2D eigenvalue weighted by Gasteiger charge is 2.20. The third-order valence-electron chi connectivity index (χ3n) is 8.57. The first-order valence-electron chi connectivity index (χ1n) is 15.6. The van der Waals surface area contributed by atoms with Crippen LogP contribution in [0.15, 0.2) is 162 Å². The van der Waals surface area contributed by atoms with Crippen molar-refractivity contribution in [2.75, 3.05) is 0 Å². The number of furan rings is 1. The molecule has 220 valence electrons. The highest BCUT2D eigenvalue weighted by Crippen LogP contribution is 2.40. The number of hydrogen-bond acceptors (Lipinski definition) is 5. The Balaban J connectivity index is 1.29. The summed E-state index contributed by atoms with van der Waals surface area (Å²) < 4.78 is 6.55. The number of para-hydroxylation sites is 2. The molecule has 0 unspecified atom stereocenters. The summed E-state index contributed by atoms with van der Waals surface area (Å²) in [7, 11) is 0. The number of nitrogens with zero attached hydrogens (tertiary/aromatic N) is 4. The Labute approximate surface area is 270 Å². The van der Waals surface area contributed by atoms with E-state index in [0.717, 1.165) is 71.8 Å². The van der Waals surface area contributed by atoms with Crippen molar-refractivity contribution in [3.05, 3.63) is 158 Å². The molecule has 5 nitrogen and oxygen atoms in total. The molecule has 3 aromatic heterocycles. The van der Waals surface area contributed by atoms with E-state index in [1.807, 2.05) is 91.1 Å². The van der Waals surface area contributed by atoms with Crippen LogP contribution in [-0.2, 0) is 0 Å². The minimum absolute atomic E-state index is 0.555. The molecule has 0 aliphatic rings. The van der Waals surface area contributed by atoms with E-state index in [4.69, 9.17) is 19.4 Å². The van der Waals surface area contributed by atoms with Crippen LogP contribution in [0.4, 0.5) is 0 Å². The lowest BCUT2D eigenvalue weighted by Crippen LogP contribution is -2.00. The number of aromatic nitrogens is 4. The second-order valence-electron chi connectivity index (χ2n) is 11.5. The van der Waals surface area contributed by atoms with E-state index >= 15 is 0 Å². The molecule has 0 fully saturated rings. The van der Waals surface area contributed by atoms with Crippen molar-refractivity contribution in [1.29, 1.82) is 0 Å². The third-order valence-corrected chi connectivity index (χ3v) is 8.57. The van der Waals surface area contributed by atoms with Gasteiger partial charge in [0, 0.05) is 33.5 Å². The summed E-state index contributed by atoms with van der Waals surface area (Å²) in [6.45, 7) is 0. The Morgan fingerprint density at radius 1 is 0.383 bits per heavy atom. The van der Waals surface area contributed by atoms with Crippen LogP contribution in [0, 0.1) is 0 Å². The Morgan fingerprint density at radius 2 is 1.00 bits per heavy atom. The molecular formula is C42H26N4O. The molecule has 9 aromatic rings. The zero-order valence-corrected chi connectivity index (χ0v) is 25.2. The minimum Gasteiger partial charge on any atom is -0.455 e. The number of fused-ring (bicyclic) bond motifs is 4. The molecule has 0 bridgehead atoms. The molecule has 0 aliphatic heterocycles. The third kappa shape index (κ3) is 4.82. The zero-order chi connectivity index (χ0) is 31.2. The lowest BCUT2D eigenvalue weighted by Gasteiger charge is -2.12. The lowest BCUT2D eigenvalue weighted by atomic mass is 9.95. The van der Waals surface area contributed by atoms with Crippen molar-refractivity contribution in [1.82, 2.24) is 19.9 Å². The molecule has 0 atom stereocenters. The van der Waals surface area contributed by atoms with Crippen LogP contribution in [0.25, 0.3) is 89.3 Å². The van der Waals surface area contributed by atoms with E-state index in [0.29, 0.717) is 17.5 Å². The van der Waals surface area contributed by atoms with Crippen molar-refractivity contribution in [3.63, 3.8) is 0 Å². The first-order chi connectivity index (χ1) is 23.3. The molecule has 0 radical (unpaired) electrons. The largest absolute Gasteiger partial charge is 0.455 e. The summed E-state index contributed by atoms with van der Waals surface area (Å²) in [5.41, 5.74) is 9.58. The molecule has 0 amide bonds. The molecule has 9 rings (SSSR count). The number of rotatable bonds is 5. The predicted octanol–water partition coefficient (Wildman–Crippen LogP) is 10.7. The first kappa shape index (κ1) is 26.9. The summed E-state index contributed by atoms with van der Waals surface area (Å²) in [5, 5.41) is 3.18. The number of hydrogen-bond donors (Lipinski definition) is 0. The van der Waals surface area contributed by atoms with Crippen LogP contribution in [0.5, 0.6) is 0 Å². The molecular weight excluding hydrogens is 576 g/mol. The first-order valence-corrected chi connectivity index (χ1v) is 15.6. The molecule has 6 aromatic carbocycles. The van der Waals surface area contributed by atoms with Gasteiger partial charge in [-0.1, -0.05) is 115 Å².